The molecule has 0 aliphatic carbocycles. The number of aliphatic hydroxyl groups excluding tert-OH is 1. The van der Waals surface area contributed by atoms with Gasteiger partial charge in [-0.1, -0.05) is 20.3 Å². The normalized spacial score (nSPS) is 20.0. The Labute approximate surface area is 129 Å². The van der Waals surface area contributed by atoms with E-state index in [0.29, 0.717) is 6.54 Å². The van der Waals surface area contributed by atoms with Gasteiger partial charge in [0, 0.05) is 6.54 Å². The van der Waals surface area contributed by atoms with Crippen molar-refractivity contribution >= 4 is 6.03 Å². The molecule has 0 spiro atoms. The van der Waals surface area contributed by atoms with E-state index in [-0.39, 0.29) is 12.6 Å². The van der Waals surface area contributed by atoms with Gasteiger partial charge >= 0.3 is 6.03 Å². The van der Waals surface area contributed by atoms with Crippen LogP contribution in [0.5, 0.6) is 0 Å². The second-order valence-electron chi connectivity index (χ2n) is 6.73. The summed E-state index contributed by atoms with van der Waals surface area (Å²) in [4.78, 5) is 14.3. The van der Waals surface area contributed by atoms with Crippen molar-refractivity contribution in [3.05, 3.63) is 0 Å². The van der Waals surface area contributed by atoms with Gasteiger partial charge in [0.25, 0.3) is 0 Å². The van der Waals surface area contributed by atoms with Gasteiger partial charge in [0.1, 0.15) is 0 Å². The Kier molecular flexibility index (Phi) is 8.04. The van der Waals surface area contributed by atoms with E-state index in [9.17, 15) is 9.90 Å². The lowest BCUT2D eigenvalue weighted by Crippen LogP contribution is -2.52. The molecule has 124 valence electrons. The second kappa shape index (κ2) is 9.26. The fraction of sp³-hybridized carbons (Fsp3) is 0.938. The minimum Gasteiger partial charge on any atom is -0.394 e. The molecule has 0 aromatic heterocycles. The minimum atomic E-state index is -0.512. The van der Waals surface area contributed by atoms with Gasteiger partial charge in [-0.05, 0) is 58.2 Å². The lowest BCUT2D eigenvalue weighted by molar-refractivity contribution is 0.162. The fourth-order valence-corrected chi connectivity index (χ4v) is 2.84. The number of aliphatic hydroxyl groups is 1. The fourth-order valence-electron chi connectivity index (χ4n) is 2.84. The first-order valence-corrected chi connectivity index (χ1v) is 8.38. The van der Waals surface area contributed by atoms with Gasteiger partial charge in [-0.2, -0.15) is 0 Å². The molecule has 1 aliphatic heterocycles. The van der Waals surface area contributed by atoms with Crippen molar-refractivity contribution in [2.75, 3.05) is 32.8 Å². The highest BCUT2D eigenvalue weighted by molar-refractivity contribution is 5.74. The number of hydrogen-bond acceptors (Lipinski definition) is 3. The summed E-state index contributed by atoms with van der Waals surface area (Å²) < 4.78 is 0. The van der Waals surface area contributed by atoms with E-state index in [0.717, 1.165) is 31.7 Å². The van der Waals surface area contributed by atoms with Crippen molar-refractivity contribution in [2.24, 2.45) is 5.92 Å². The van der Waals surface area contributed by atoms with E-state index in [1.807, 2.05) is 13.8 Å². The molecule has 1 saturated heterocycles. The lowest BCUT2D eigenvalue weighted by atomic mass is 9.98. The predicted molar refractivity (Wildman–Crippen MR) is 86.4 cm³/mol. The Morgan fingerprint density at radius 1 is 1.38 bits per heavy atom. The number of likely N-dealkylation sites (tertiary alicyclic amines) is 1. The average Bonchev–Trinajstić information content (AvgIpc) is 2.45. The number of carbonyl (C=O) groups excluding carboxylic acids is 1. The van der Waals surface area contributed by atoms with Crippen LogP contribution in [-0.2, 0) is 0 Å². The Balaban J connectivity index is 2.13. The molecule has 1 atom stereocenters. The summed E-state index contributed by atoms with van der Waals surface area (Å²) in [7, 11) is 0. The first-order valence-electron chi connectivity index (χ1n) is 8.38. The first-order chi connectivity index (χ1) is 9.99. The predicted octanol–water partition coefficient (Wildman–Crippen LogP) is 1.96. The molecule has 1 aliphatic rings. The highest BCUT2D eigenvalue weighted by Crippen LogP contribution is 2.15. The molecule has 3 N–H and O–H groups in total. The smallest absolute Gasteiger partial charge is 0.315 e. The van der Waals surface area contributed by atoms with Crippen molar-refractivity contribution in [3.63, 3.8) is 0 Å². The summed E-state index contributed by atoms with van der Waals surface area (Å²) in [6.07, 6.45) is 5.28. The Morgan fingerprint density at radius 2 is 2.05 bits per heavy atom. The molecule has 5 heteroatoms. The van der Waals surface area contributed by atoms with Crippen LogP contribution in [-0.4, -0.2) is 54.4 Å². The quantitative estimate of drug-likeness (QED) is 0.600. The van der Waals surface area contributed by atoms with E-state index in [2.05, 4.69) is 22.5 Å². The zero-order valence-corrected chi connectivity index (χ0v) is 14.0. The summed E-state index contributed by atoms with van der Waals surface area (Å²) in [5.74, 6) is 0.861. The van der Waals surface area contributed by atoms with Crippen LogP contribution >= 0.6 is 0 Å². The van der Waals surface area contributed by atoms with Gasteiger partial charge in [0.2, 0.25) is 0 Å². The van der Waals surface area contributed by atoms with Crippen molar-refractivity contribution < 1.29 is 9.90 Å². The van der Waals surface area contributed by atoms with Gasteiger partial charge in [0.15, 0.2) is 0 Å². The standard InChI is InChI=1S/C16H33N3O2/c1-4-8-16(3,13-20)18-15(21)17-9-5-10-19-11-6-14(2)7-12-19/h14,20H,4-13H2,1-3H3,(H2,17,18,21). The van der Waals surface area contributed by atoms with Crippen LogP contribution in [0.3, 0.4) is 0 Å². The maximum Gasteiger partial charge on any atom is 0.315 e. The lowest BCUT2D eigenvalue weighted by Gasteiger charge is -2.30. The molecule has 1 unspecified atom stereocenters. The molecule has 0 aromatic rings. The van der Waals surface area contributed by atoms with Crippen LogP contribution in [0.4, 0.5) is 4.79 Å². The van der Waals surface area contributed by atoms with Crippen molar-refractivity contribution in [2.45, 2.75) is 58.4 Å². The SMILES string of the molecule is CCCC(C)(CO)NC(=O)NCCCN1CCC(C)CC1. The topological polar surface area (TPSA) is 64.6 Å². The Bertz CT molecular complexity index is 304. The van der Waals surface area contributed by atoms with E-state index >= 15 is 0 Å². The number of amides is 2. The van der Waals surface area contributed by atoms with Crippen LogP contribution in [0.25, 0.3) is 0 Å². The molecule has 0 bridgehead atoms. The Morgan fingerprint density at radius 3 is 2.62 bits per heavy atom. The summed E-state index contributed by atoms with van der Waals surface area (Å²) in [6.45, 7) is 10.3. The van der Waals surface area contributed by atoms with Crippen LogP contribution in [0.15, 0.2) is 0 Å². The molecule has 1 heterocycles. The minimum absolute atomic E-state index is 0.0276. The third kappa shape index (κ3) is 7.14. The van der Waals surface area contributed by atoms with Crippen molar-refractivity contribution in [1.29, 1.82) is 0 Å². The molecule has 21 heavy (non-hydrogen) atoms. The van der Waals surface area contributed by atoms with Crippen molar-refractivity contribution in [1.82, 2.24) is 15.5 Å². The van der Waals surface area contributed by atoms with E-state index < -0.39 is 5.54 Å². The maximum absolute atomic E-state index is 11.8. The zero-order chi connectivity index (χ0) is 15.7. The summed E-state index contributed by atoms with van der Waals surface area (Å²) in [5, 5.41) is 15.1. The maximum atomic E-state index is 11.8. The third-order valence-electron chi connectivity index (χ3n) is 4.38. The number of nitrogens with one attached hydrogen (secondary N) is 2. The molecule has 1 fully saturated rings. The highest BCUT2D eigenvalue weighted by Gasteiger charge is 2.24. The summed E-state index contributed by atoms with van der Waals surface area (Å²) in [5.41, 5.74) is -0.512. The number of nitrogens with zero attached hydrogens (tertiary/aromatic N) is 1. The van der Waals surface area contributed by atoms with Crippen LogP contribution in [0.1, 0.15) is 52.9 Å². The number of carbonyl (C=O) groups is 1. The molecule has 2 amide bonds. The van der Waals surface area contributed by atoms with E-state index in [1.54, 1.807) is 0 Å². The summed E-state index contributed by atoms with van der Waals surface area (Å²) in [6, 6.07) is -0.174. The number of urea groups is 1. The Hall–Kier alpha value is -0.810. The number of rotatable bonds is 8. The van der Waals surface area contributed by atoms with Gasteiger partial charge in [-0.3, -0.25) is 0 Å². The molecule has 1 rings (SSSR count). The number of piperidine rings is 1. The molecular formula is C16H33N3O2. The highest BCUT2D eigenvalue weighted by atomic mass is 16.3. The van der Waals surface area contributed by atoms with Gasteiger partial charge in [-0.15, -0.1) is 0 Å². The molecule has 0 radical (unpaired) electrons. The molecule has 5 nitrogen and oxygen atoms in total. The van der Waals surface area contributed by atoms with Crippen LogP contribution < -0.4 is 10.6 Å². The summed E-state index contributed by atoms with van der Waals surface area (Å²) >= 11 is 0. The molecule has 0 saturated carbocycles. The van der Waals surface area contributed by atoms with E-state index in [4.69, 9.17) is 0 Å². The van der Waals surface area contributed by atoms with Crippen LogP contribution in [0.2, 0.25) is 0 Å². The van der Waals surface area contributed by atoms with Gasteiger partial charge in [-0.25, -0.2) is 4.79 Å². The number of hydrogen-bond donors (Lipinski definition) is 3. The van der Waals surface area contributed by atoms with Crippen LogP contribution in [0, 0.1) is 5.92 Å². The van der Waals surface area contributed by atoms with Crippen molar-refractivity contribution in [3.8, 4) is 0 Å². The van der Waals surface area contributed by atoms with Gasteiger partial charge in [0.05, 0.1) is 12.1 Å². The largest absolute Gasteiger partial charge is 0.394 e. The molecular weight excluding hydrogens is 266 g/mol. The first kappa shape index (κ1) is 18.2. The average molecular weight is 299 g/mol. The van der Waals surface area contributed by atoms with Gasteiger partial charge < -0.3 is 20.6 Å². The van der Waals surface area contributed by atoms with E-state index in [1.165, 1.54) is 25.9 Å². The monoisotopic (exact) mass is 299 g/mol. The molecule has 0 aromatic carbocycles. The second-order valence-corrected chi connectivity index (χ2v) is 6.73. The third-order valence-corrected chi connectivity index (χ3v) is 4.38. The zero-order valence-electron chi connectivity index (χ0n) is 14.0.